The first-order valence-corrected chi connectivity index (χ1v) is 9.98. The highest BCUT2D eigenvalue weighted by Gasteiger charge is 2.44. The highest BCUT2D eigenvalue weighted by molar-refractivity contribution is 6.10. The number of pyridine rings is 1. The molecule has 0 saturated carbocycles. The summed E-state index contributed by atoms with van der Waals surface area (Å²) in [6.07, 6.45) is 1.63. The van der Waals surface area contributed by atoms with Crippen molar-refractivity contribution in [3.8, 4) is 5.75 Å². The van der Waals surface area contributed by atoms with Gasteiger partial charge in [0.05, 0.1) is 17.0 Å². The van der Waals surface area contributed by atoms with Crippen LogP contribution < -0.4 is 10.3 Å². The predicted octanol–water partition coefficient (Wildman–Crippen LogP) is 4.57. The number of carbonyl (C=O) groups excluding carboxylic acids is 1. The van der Waals surface area contributed by atoms with Gasteiger partial charge in [0, 0.05) is 6.20 Å². The fourth-order valence-corrected chi connectivity index (χ4v) is 4.09. The Hall–Kier alpha value is -3.93. The largest absolute Gasteiger partial charge is 0.508 e. The van der Waals surface area contributed by atoms with Gasteiger partial charge in [0.1, 0.15) is 17.2 Å². The van der Waals surface area contributed by atoms with Crippen molar-refractivity contribution in [1.82, 2.24) is 4.98 Å². The molecule has 1 aliphatic rings. The topological polar surface area (TPSA) is 83.6 Å². The van der Waals surface area contributed by atoms with Crippen LogP contribution in [0.1, 0.15) is 44.4 Å². The highest BCUT2D eigenvalue weighted by Crippen LogP contribution is 2.41. The van der Waals surface area contributed by atoms with E-state index in [1.54, 1.807) is 30.5 Å². The van der Waals surface area contributed by atoms with Crippen LogP contribution >= 0.6 is 0 Å². The molecule has 0 bridgehead atoms. The monoisotopic (exact) mass is 412 g/mol. The fraction of sp³-hybridized carbons (Fsp3) is 0.160. The van der Waals surface area contributed by atoms with Gasteiger partial charge < -0.3 is 9.52 Å². The zero-order chi connectivity index (χ0) is 21.9. The second kappa shape index (κ2) is 6.80. The van der Waals surface area contributed by atoms with Crippen LogP contribution in [0.25, 0.3) is 11.0 Å². The number of anilines is 1. The van der Waals surface area contributed by atoms with Gasteiger partial charge in [-0.2, -0.15) is 0 Å². The Morgan fingerprint density at radius 1 is 0.968 bits per heavy atom. The van der Waals surface area contributed by atoms with Gasteiger partial charge in [-0.15, -0.1) is 0 Å². The third-order valence-electron chi connectivity index (χ3n) is 5.84. The molecule has 0 spiro atoms. The first kappa shape index (κ1) is 19.1. The van der Waals surface area contributed by atoms with E-state index in [4.69, 9.17) is 4.42 Å². The van der Waals surface area contributed by atoms with Gasteiger partial charge in [-0.25, -0.2) is 4.98 Å². The Labute approximate surface area is 178 Å². The summed E-state index contributed by atoms with van der Waals surface area (Å²) < 4.78 is 6.02. The molecule has 1 amide bonds. The lowest BCUT2D eigenvalue weighted by molar-refractivity contribution is 0.0970. The van der Waals surface area contributed by atoms with Gasteiger partial charge >= 0.3 is 0 Å². The van der Waals surface area contributed by atoms with E-state index in [-0.39, 0.29) is 22.5 Å². The number of rotatable bonds is 2. The average Bonchev–Trinajstić information content (AvgIpc) is 3.03. The van der Waals surface area contributed by atoms with E-state index < -0.39 is 11.9 Å². The number of aromatic nitrogens is 1. The van der Waals surface area contributed by atoms with E-state index in [9.17, 15) is 14.7 Å². The summed E-state index contributed by atoms with van der Waals surface area (Å²) in [6, 6.07) is 13.0. The number of carbonyl (C=O) groups is 1. The lowest BCUT2D eigenvalue weighted by Gasteiger charge is -2.24. The third kappa shape index (κ3) is 2.91. The number of aryl methyl sites for hydroxylation is 3. The first-order valence-electron chi connectivity index (χ1n) is 9.98. The van der Waals surface area contributed by atoms with Crippen molar-refractivity contribution in [2.24, 2.45) is 0 Å². The maximum atomic E-state index is 13.6. The van der Waals surface area contributed by atoms with E-state index >= 15 is 0 Å². The number of amides is 1. The minimum absolute atomic E-state index is 0.0298. The standard InChI is InChI=1S/C25H20N2O4/c1-13-8-9-26-20(10-13)27-22(16-4-6-17(28)7-5-16)21-23(29)18-11-14(2)15(3)12-19(18)31-24(21)25(27)30/h4-12,22,28H,1-3H3. The lowest BCUT2D eigenvalue weighted by atomic mass is 9.97. The Morgan fingerprint density at radius 3 is 2.39 bits per heavy atom. The Kier molecular flexibility index (Phi) is 4.18. The van der Waals surface area contributed by atoms with Gasteiger partial charge in [0.25, 0.3) is 5.91 Å². The number of hydrogen-bond acceptors (Lipinski definition) is 5. The van der Waals surface area contributed by atoms with Gasteiger partial charge in [0.15, 0.2) is 5.43 Å². The molecule has 2 aromatic heterocycles. The molecule has 6 nitrogen and oxygen atoms in total. The summed E-state index contributed by atoms with van der Waals surface area (Å²) in [5, 5.41) is 10.2. The van der Waals surface area contributed by atoms with Crippen molar-refractivity contribution < 1.29 is 14.3 Å². The molecular weight excluding hydrogens is 392 g/mol. The van der Waals surface area contributed by atoms with Crippen molar-refractivity contribution in [1.29, 1.82) is 0 Å². The fourth-order valence-electron chi connectivity index (χ4n) is 4.09. The molecule has 5 rings (SSSR count). The molecule has 0 radical (unpaired) electrons. The van der Waals surface area contributed by atoms with Crippen LogP contribution in [0.5, 0.6) is 5.75 Å². The van der Waals surface area contributed by atoms with Crippen molar-refractivity contribution in [2.45, 2.75) is 26.8 Å². The summed E-state index contributed by atoms with van der Waals surface area (Å²) in [4.78, 5) is 33.0. The number of fused-ring (bicyclic) bond motifs is 2. The van der Waals surface area contributed by atoms with Crippen molar-refractivity contribution in [3.63, 3.8) is 0 Å². The van der Waals surface area contributed by atoms with E-state index in [1.807, 2.05) is 32.9 Å². The van der Waals surface area contributed by atoms with Gasteiger partial charge in [0.2, 0.25) is 5.76 Å². The molecule has 0 saturated heterocycles. The molecule has 31 heavy (non-hydrogen) atoms. The maximum Gasteiger partial charge on any atom is 0.296 e. The molecule has 1 atom stereocenters. The molecule has 3 heterocycles. The highest BCUT2D eigenvalue weighted by atomic mass is 16.3. The molecular formula is C25H20N2O4. The molecule has 1 unspecified atom stereocenters. The number of hydrogen-bond donors (Lipinski definition) is 1. The van der Waals surface area contributed by atoms with Crippen LogP contribution in [0, 0.1) is 20.8 Å². The van der Waals surface area contributed by atoms with Crippen LogP contribution in [-0.2, 0) is 0 Å². The lowest BCUT2D eigenvalue weighted by Crippen LogP contribution is -2.30. The smallest absolute Gasteiger partial charge is 0.296 e. The van der Waals surface area contributed by atoms with Crippen LogP contribution in [0.3, 0.4) is 0 Å². The summed E-state index contributed by atoms with van der Waals surface area (Å²) in [5.41, 5.74) is 4.02. The van der Waals surface area contributed by atoms with Crippen LogP contribution in [0.15, 0.2) is 63.9 Å². The normalized spacial score (nSPS) is 15.5. The van der Waals surface area contributed by atoms with Crippen LogP contribution in [-0.4, -0.2) is 16.0 Å². The maximum absolute atomic E-state index is 13.6. The molecule has 4 aromatic rings. The minimum Gasteiger partial charge on any atom is -0.508 e. The van der Waals surface area contributed by atoms with Crippen LogP contribution in [0.4, 0.5) is 5.82 Å². The summed E-state index contributed by atoms with van der Waals surface area (Å²) in [7, 11) is 0. The summed E-state index contributed by atoms with van der Waals surface area (Å²) in [6.45, 7) is 5.79. The number of aromatic hydroxyl groups is 1. The summed E-state index contributed by atoms with van der Waals surface area (Å²) in [5.74, 6) is 0.154. The van der Waals surface area contributed by atoms with Crippen molar-refractivity contribution in [2.75, 3.05) is 4.90 Å². The zero-order valence-corrected chi connectivity index (χ0v) is 17.3. The Bertz CT molecular complexity index is 1420. The summed E-state index contributed by atoms with van der Waals surface area (Å²) >= 11 is 0. The first-order chi connectivity index (χ1) is 14.8. The SMILES string of the molecule is Cc1ccnc(N2C(=O)c3oc4cc(C)c(C)cc4c(=O)c3C2c2ccc(O)cc2)c1. The molecule has 1 N–H and O–H groups in total. The molecule has 0 fully saturated rings. The zero-order valence-electron chi connectivity index (χ0n) is 17.3. The van der Waals surface area contributed by atoms with E-state index in [0.717, 1.165) is 16.7 Å². The molecule has 6 heteroatoms. The second-order valence-corrected chi connectivity index (χ2v) is 7.97. The Balaban J connectivity index is 1.83. The third-order valence-corrected chi connectivity index (χ3v) is 5.84. The molecule has 0 aliphatic carbocycles. The predicted molar refractivity (Wildman–Crippen MR) is 118 cm³/mol. The quantitative estimate of drug-likeness (QED) is 0.521. The molecule has 154 valence electrons. The number of phenolic OH excluding ortho intramolecular Hbond substituents is 1. The number of nitrogens with zero attached hydrogens (tertiary/aromatic N) is 2. The van der Waals surface area contributed by atoms with Crippen molar-refractivity contribution >= 4 is 22.7 Å². The molecule has 1 aliphatic heterocycles. The molecule has 2 aromatic carbocycles. The number of benzene rings is 2. The van der Waals surface area contributed by atoms with Gasteiger partial charge in [-0.3, -0.25) is 14.5 Å². The second-order valence-electron chi connectivity index (χ2n) is 7.97. The van der Waals surface area contributed by atoms with Crippen LogP contribution in [0.2, 0.25) is 0 Å². The average molecular weight is 412 g/mol. The van der Waals surface area contributed by atoms with Gasteiger partial charge in [-0.1, -0.05) is 12.1 Å². The number of phenols is 1. The Morgan fingerprint density at radius 2 is 1.68 bits per heavy atom. The van der Waals surface area contributed by atoms with E-state index in [2.05, 4.69) is 4.98 Å². The van der Waals surface area contributed by atoms with E-state index in [0.29, 0.717) is 22.4 Å². The van der Waals surface area contributed by atoms with Crippen molar-refractivity contribution in [3.05, 3.63) is 98.5 Å². The minimum atomic E-state index is -0.709. The van der Waals surface area contributed by atoms with E-state index in [1.165, 1.54) is 17.0 Å². The van der Waals surface area contributed by atoms with Gasteiger partial charge in [-0.05, 0) is 79.4 Å².